The lowest BCUT2D eigenvalue weighted by atomic mass is 10.1. The summed E-state index contributed by atoms with van der Waals surface area (Å²) in [5.74, 6) is 0. The van der Waals surface area contributed by atoms with E-state index in [1.165, 1.54) is 51.0 Å². The molecule has 2 nitrogen and oxygen atoms in total. The van der Waals surface area contributed by atoms with Gasteiger partial charge in [-0.25, -0.2) is 0 Å². The zero-order valence-electron chi connectivity index (χ0n) is 11.3. The lowest BCUT2D eigenvalue weighted by molar-refractivity contribution is -0.128. The number of hydrogen-bond donors (Lipinski definition) is 0. The summed E-state index contributed by atoms with van der Waals surface area (Å²) in [6, 6.07) is 1.25. The van der Waals surface area contributed by atoms with E-state index in [1.54, 1.807) is 0 Å². The van der Waals surface area contributed by atoms with Gasteiger partial charge in [0.25, 0.3) is 6.47 Å². The molecule has 0 aromatic rings. The van der Waals surface area contributed by atoms with Crippen molar-refractivity contribution in [2.45, 2.75) is 70.5 Å². The summed E-state index contributed by atoms with van der Waals surface area (Å²) in [6.45, 7) is 5.55. The van der Waals surface area contributed by atoms with E-state index in [4.69, 9.17) is 11.1 Å². The summed E-state index contributed by atoms with van der Waals surface area (Å²) in [4.78, 5) is 9.88. The molecule has 0 spiro atoms. The molecule has 0 atom stereocenters. The molecule has 0 radical (unpaired) electrons. The van der Waals surface area contributed by atoms with Crippen LogP contribution in [-0.2, 0) is 9.53 Å². The molecule has 0 saturated heterocycles. The summed E-state index contributed by atoms with van der Waals surface area (Å²) >= 11 is 6.26. The first-order valence-electron chi connectivity index (χ1n) is 6.80. The zero-order valence-corrected chi connectivity index (χ0v) is 13.1. The number of halogens is 1. The van der Waals surface area contributed by atoms with Crippen LogP contribution in [-0.4, -0.2) is 20.5 Å². The highest BCUT2D eigenvalue weighted by Crippen LogP contribution is 2.19. The molecular formula is C13H27ClO2Si. The maximum atomic E-state index is 9.88. The van der Waals surface area contributed by atoms with Crippen molar-refractivity contribution in [2.24, 2.45) is 0 Å². The van der Waals surface area contributed by atoms with E-state index in [9.17, 15) is 4.79 Å². The largest absolute Gasteiger partial charge is 0.468 e. The Morgan fingerprint density at radius 1 is 0.941 bits per heavy atom. The third-order valence-corrected chi connectivity index (χ3v) is 4.96. The lowest BCUT2D eigenvalue weighted by Crippen LogP contribution is -2.14. The van der Waals surface area contributed by atoms with Gasteiger partial charge in [-0.15, -0.1) is 0 Å². The molecule has 17 heavy (non-hydrogen) atoms. The molecule has 0 aliphatic heterocycles. The Kier molecular flexibility index (Phi) is 11.1. The second-order valence-electron chi connectivity index (χ2n) is 5.26. The van der Waals surface area contributed by atoms with Gasteiger partial charge >= 0.3 is 0 Å². The predicted octanol–water partition coefficient (Wildman–Crippen LogP) is 4.72. The monoisotopic (exact) mass is 278 g/mol. The van der Waals surface area contributed by atoms with Crippen LogP contribution in [0.4, 0.5) is 0 Å². The van der Waals surface area contributed by atoms with Crippen LogP contribution < -0.4 is 0 Å². The Morgan fingerprint density at radius 2 is 1.41 bits per heavy atom. The summed E-state index contributed by atoms with van der Waals surface area (Å²) in [5.41, 5.74) is 0. The Morgan fingerprint density at radius 3 is 1.88 bits per heavy atom. The van der Waals surface area contributed by atoms with Crippen LogP contribution >= 0.6 is 11.1 Å². The van der Waals surface area contributed by atoms with Gasteiger partial charge in [-0.05, 0) is 12.5 Å². The number of unbranched alkanes of at least 4 members (excludes halogenated alkanes) is 7. The molecule has 0 bridgehead atoms. The van der Waals surface area contributed by atoms with Crippen molar-refractivity contribution in [1.29, 1.82) is 0 Å². The lowest BCUT2D eigenvalue weighted by Gasteiger charge is -2.11. The summed E-state index contributed by atoms with van der Waals surface area (Å²) in [7, 11) is -1.32. The molecule has 102 valence electrons. The van der Waals surface area contributed by atoms with Gasteiger partial charge in [0.05, 0.1) is 6.61 Å². The first kappa shape index (κ1) is 17.0. The van der Waals surface area contributed by atoms with E-state index in [0.717, 1.165) is 6.42 Å². The second kappa shape index (κ2) is 11.1. The Balaban J connectivity index is 3.01. The van der Waals surface area contributed by atoms with E-state index >= 15 is 0 Å². The standard InChI is InChI=1S/C13H27ClO2Si/c1-17(2,14)12-10-8-6-4-3-5-7-9-11-16-13-15/h13H,3-12H2,1-2H3. The topological polar surface area (TPSA) is 26.3 Å². The fourth-order valence-corrected chi connectivity index (χ4v) is 3.33. The fourth-order valence-electron chi connectivity index (χ4n) is 1.84. The fraction of sp³-hybridized carbons (Fsp3) is 0.923. The van der Waals surface area contributed by atoms with Gasteiger partial charge in [-0.3, -0.25) is 4.79 Å². The van der Waals surface area contributed by atoms with Gasteiger partial charge in [0.1, 0.15) is 7.38 Å². The van der Waals surface area contributed by atoms with Crippen LogP contribution in [0.1, 0.15) is 51.4 Å². The van der Waals surface area contributed by atoms with Gasteiger partial charge in [-0.2, -0.15) is 11.1 Å². The normalized spacial score (nSPS) is 11.5. The molecule has 0 aromatic carbocycles. The molecule has 0 fully saturated rings. The predicted molar refractivity (Wildman–Crippen MR) is 77.1 cm³/mol. The van der Waals surface area contributed by atoms with Crippen molar-refractivity contribution in [2.75, 3.05) is 6.61 Å². The minimum Gasteiger partial charge on any atom is -0.468 e. The molecule has 0 aromatic heterocycles. The van der Waals surface area contributed by atoms with Gasteiger partial charge in [0.15, 0.2) is 0 Å². The Bertz CT molecular complexity index is 181. The Hall–Kier alpha value is -0.0231. The highest BCUT2D eigenvalue weighted by Gasteiger charge is 2.15. The molecule has 0 amide bonds. The van der Waals surface area contributed by atoms with Crippen LogP contribution in [0.15, 0.2) is 0 Å². The highest BCUT2D eigenvalue weighted by atomic mass is 35.6. The van der Waals surface area contributed by atoms with Crippen molar-refractivity contribution in [3.8, 4) is 0 Å². The van der Waals surface area contributed by atoms with E-state index in [-0.39, 0.29) is 0 Å². The number of carbonyl (C=O) groups is 1. The molecule has 0 aliphatic carbocycles. The summed E-state index contributed by atoms with van der Waals surface area (Å²) in [5, 5.41) is 0. The smallest absolute Gasteiger partial charge is 0.293 e. The van der Waals surface area contributed by atoms with E-state index in [2.05, 4.69) is 17.8 Å². The maximum Gasteiger partial charge on any atom is 0.293 e. The van der Waals surface area contributed by atoms with E-state index in [0.29, 0.717) is 13.1 Å². The molecule has 0 heterocycles. The highest BCUT2D eigenvalue weighted by molar-refractivity contribution is 7.19. The van der Waals surface area contributed by atoms with Crippen LogP contribution in [0.5, 0.6) is 0 Å². The average Bonchev–Trinajstić information content (AvgIpc) is 2.24. The molecule has 0 unspecified atom stereocenters. The van der Waals surface area contributed by atoms with Gasteiger partial charge in [0, 0.05) is 0 Å². The first-order chi connectivity index (χ1) is 8.06. The third-order valence-electron chi connectivity index (χ3n) is 2.85. The van der Waals surface area contributed by atoms with Gasteiger partial charge in [-0.1, -0.05) is 58.0 Å². The third kappa shape index (κ3) is 16.0. The minimum absolute atomic E-state index is 0.529. The molecule has 0 aliphatic rings. The van der Waals surface area contributed by atoms with Crippen LogP contribution in [0.25, 0.3) is 0 Å². The van der Waals surface area contributed by atoms with Crippen molar-refractivity contribution in [1.82, 2.24) is 0 Å². The molecule has 0 N–H and O–H groups in total. The number of carbonyl (C=O) groups excluding carboxylic acids is 1. The number of ether oxygens (including phenoxy) is 1. The van der Waals surface area contributed by atoms with Gasteiger partial charge in [0.2, 0.25) is 0 Å². The van der Waals surface area contributed by atoms with Gasteiger partial charge < -0.3 is 4.74 Å². The average molecular weight is 279 g/mol. The zero-order chi connectivity index (χ0) is 13.0. The first-order valence-corrected chi connectivity index (χ1v) is 11.0. The molecule has 4 heteroatoms. The molecule has 0 rings (SSSR count). The molecular weight excluding hydrogens is 252 g/mol. The molecule has 0 saturated carbocycles. The minimum atomic E-state index is -1.32. The van der Waals surface area contributed by atoms with Crippen LogP contribution in [0, 0.1) is 0 Å². The van der Waals surface area contributed by atoms with Crippen molar-refractivity contribution in [3.63, 3.8) is 0 Å². The van der Waals surface area contributed by atoms with E-state index < -0.39 is 7.38 Å². The summed E-state index contributed by atoms with van der Waals surface area (Å²) in [6.07, 6.45) is 10.1. The Labute approximate surface area is 112 Å². The van der Waals surface area contributed by atoms with Crippen LogP contribution in [0.3, 0.4) is 0 Å². The van der Waals surface area contributed by atoms with Crippen molar-refractivity contribution >= 4 is 24.9 Å². The van der Waals surface area contributed by atoms with Crippen molar-refractivity contribution < 1.29 is 9.53 Å². The SMILES string of the molecule is C[Si](C)(Cl)CCCCCCCCCCOC=O. The number of rotatable bonds is 12. The summed E-state index contributed by atoms with van der Waals surface area (Å²) < 4.78 is 4.64. The number of hydrogen-bond acceptors (Lipinski definition) is 2. The van der Waals surface area contributed by atoms with Crippen LogP contribution in [0.2, 0.25) is 19.1 Å². The second-order valence-corrected chi connectivity index (χ2v) is 12.3. The van der Waals surface area contributed by atoms with Crippen molar-refractivity contribution in [3.05, 3.63) is 0 Å². The maximum absolute atomic E-state index is 9.88. The quantitative estimate of drug-likeness (QED) is 0.223. The van der Waals surface area contributed by atoms with E-state index in [1.807, 2.05) is 0 Å².